The molecule has 4 rings (SSSR count). The highest BCUT2D eigenvalue weighted by atomic mass is 32.1. The van der Waals surface area contributed by atoms with Crippen LogP contribution >= 0.6 is 11.3 Å². The number of Topliss-reactive ketones (excluding diaryl/α,β-unsaturated/α-hetero) is 1. The second kappa shape index (κ2) is 15.1. The van der Waals surface area contributed by atoms with Crippen molar-refractivity contribution in [2.24, 2.45) is 5.41 Å². The number of nitrogens with zero attached hydrogens (tertiary/aromatic N) is 2. The first-order chi connectivity index (χ1) is 21.0. The average Bonchev–Trinajstić information content (AvgIpc) is 3.61. The van der Waals surface area contributed by atoms with E-state index in [1.807, 2.05) is 45.3 Å². The van der Waals surface area contributed by atoms with Gasteiger partial charge in [-0.05, 0) is 66.7 Å². The summed E-state index contributed by atoms with van der Waals surface area (Å²) in [6.45, 7) is 9.96. The molecule has 1 aliphatic heterocycles. The summed E-state index contributed by atoms with van der Waals surface area (Å²) < 4.78 is 0. The smallest absolute Gasteiger partial charge is 0.246 e. The highest BCUT2D eigenvalue weighted by Crippen LogP contribution is 2.29. The van der Waals surface area contributed by atoms with Gasteiger partial charge in [0.1, 0.15) is 6.04 Å². The Balaban J connectivity index is 1.31. The predicted octanol–water partition coefficient (Wildman–Crippen LogP) is 6.09. The van der Waals surface area contributed by atoms with Crippen molar-refractivity contribution in [1.29, 1.82) is 0 Å². The highest BCUT2D eigenvalue weighted by molar-refractivity contribution is 7.13. The average molecular weight is 618 g/mol. The number of carbonyl (C=O) groups is 3. The Morgan fingerprint density at radius 2 is 1.61 bits per heavy atom. The SMILES string of the molecule is CCc1ccc(CCCCC(=O)N[C@H](C(=O)N2C[C@H](O)C[C@H]2C(=O)CCc2ccc(-c3scnc3C)cc2)C(C)(C)C)cc1. The van der Waals surface area contributed by atoms with Crippen molar-refractivity contribution in [1.82, 2.24) is 15.2 Å². The lowest BCUT2D eigenvalue weighted by atomic mass is 9.85. The Bertz CT molecular complexity index is 1410. The normalized spacial score (nSPS) is 17.5. The quantitative estimate of drug-likeness (QED) is 0.226. The van der Waals surface area contributed by atoms with Crippen LogP contribution in [0.1, 0.15) is 82.2 Å². The molecule has 2 amide bonds. The molecule has 3 aromatic rings. The zero-order valence-electron chi connectivity index (χ0n) is 26.8. The fourth-order valence-electron chi connectivity index (χ4n) is 5.80. The van der Waals surface area contributed by atoms with Gasteiger partial charge in [-0.1, -0.05) is 76.2 Å². The maximum absolute atomic E-state index is 13.9. The van der Waals surface area contributed by atoms with Gasteiger partial charge in [0.25, 0.3) is 0 Å². The second-order valence-electron chi connectivity index (χ2n) is 13.1. The number of likely N-dealkylation sites (tertiary alicyclic amines) is 1. The van der Waals surface area contributed by atoms with Crippen LogP contribution in [0.4, 0.5) is 0 Å². The first-order valence-electron chi connectivity index (χ1n) is 15.8. The molecular weight excluding hydrogens is 570 g/mol. The Morgan fingerprint density at radius 1 is 0.977 bits per heavy atom. The molecule has 1 fully saturated rings. The topological polar surface area (TPSA) is 99.6 Å². The molecular formula is C36H47N3O4S. The largest absolute Gasteiger partial charge is 0.391 e. The van der Waals surface area contributed by atoms with Crippen molar-refractivity contribution >= 4 is 28.9 Å². The maximum Gasteiger partial charge on any atom is 0.246 e. The number of aryl methyl sites for hydroxylation is 4. The van der Waals surface area contributed by atoms with Gasteiger partial charge in [0, 0.05) is 25.8 Å². The molecule has 8 heteroatoms. The molecule has 7 nitrogen and oxygen atoms in total. The van der Waals surface area contributed by atoms with Crippen molar-refractivity contribution in [2.45, 2.75) is 104 Å². The van der Waals surface area contributed by atoms with Crippen molar-refractivity contribution in [3.05, 3.63) is 76.4 Å². The number of aliphatic hydroxyl groups excluding tert-OH is 1. The van der Waals surface area contributed by atoms with Gasteiger partial charge in [0.2, 0.25) is 11.8 Å². The van der Waals surface area contributed by atoms with Gasteiger partial charge in [-0.2, -0.15) is 0 Å². The molecule has 236 valence electrons. The van der Waals surface area contributed by atoms with Gasteiger partial charge >= 0.3 is 0 Å². The van der Waals surface area contributed by atoms with Crippen LogP contribution in [0.3, 0.4) is 0 Å². The Morgan fingerprint density at radius 3 is 2.23 bits per heavy atom. The molecule has 1 aliphatic rings. The lowest BCUT2D eigenvalue weighted by molar-refractivity contribution is -0.143. The standard InChI is InChI=1S/C36H47N3O4S/c1-6-25-11-13-26(14-12-25)9-7-8-10-32(42)38-34(36(3,4)5)35(43)39-22-29(40)21-30(39)31(41)20-17-27-15-18-28(19-16-27)33-24(2)37-23-44-33/h11-16,18-19,23,29-30,34,40H,6-10,17,20-22H2,1-5H3,(H,38,42)/t29-,30+,34-/m1/s1. The van der Waals surface area contributed by atoms with Gasteiger partial charge in [0.05, 0.1) is 28.2 Å². The van der Waals surface area contributed by atoms with E-state index >= 15 is 0 Å². The molecule has 0 spiro atoms. The summed E-state index contributed by atoms with van der Waals surface area (Å²) in [6, 6.07) is 15.3. The monoisotopic (exact) mass is 617 g/mol. The van der Waals surface area contributed by atoms with Gasteiger partial charge in [-0.3, -0.25) is 14.4 Å². The number of hydrogen-bond acceptors (Lipinski definition) is 6. The molecule has 1 saturated heterocycles. The number of hydrogen-bond donors (Lipinski definition) is 2. The van der Waals surface area contributed by atoms with Crippen molar-refractivity contribution in [3.63, 3.8) is 0 Å². The summed E-state index contributed by atoms with van der Waals surface area (Å²) >= 11 is 1.61. The lowest BCUT2D eigenvalue weighted by Gasteiger charge is -2.35. The molecule has 2 aromatic carbocycles. The molecule has 2 heterocycles. The summed E-state index contributed by atoms with van der Waals surface area (Å²) in [5, 5.41) is 13.5. The molecule has 3 atom stereocenters. The summed E-state index contributed by atoms with van der Waals surface area (Å²) in [7, 11) is 0. The highest BCUT2D eigenvalue weighted by Gasteiger charge is 2.44. The zero-order chi connectivity index (χ0) is 31.9. The molecule has 2 N–H and O–H groups in total. The van der Waals surface area contributed by atoms with E-state index in [1.165, 1.54) is 16.0 Å². The summed E-state index contributed by atoms with van der Waals surface area (Å²) in [4.78, 5) is 47.2. The van der Waals surface area contributed by atoms with E-state index in [-0.39, 0.29) is 37.0 Å². The molecule has 0 unspecified atom stereocenters. The third-order valence-corrected chi connectivity index (χ3v) is 9.50. The molecule has 0 bridgehead atoms. The molecule has 44 heavy (non-hydrogen) atoms. The number of rotatable bonds is 13. The van der Waals surface area contributed by atoms with Crippen molar-refractivity contribution < 1.29 is 19.5 Å². The van der Waals surface area contributed by atoms with Crippen LogP contribution in [-0.2, 0) is 33.6 Å². The third kappa shape index (κ3) is 8.85. The fourth-order valence-corrected chi connectivity index (χ4v) is 6.61. The molecule has 0 saturated carbocycles. The number of aromatic nitrogens is 1. The van der Waals surface area contributed by atoms with E-state index < -0.39 is 23.6 Å². The molecule has 0 aliphatic carbocycles. The summed E-state index contributed by atoms with van der Waals surface area (Å²) in [5.74, 6) is -0.538. The fraction of sp³-hybridized carbons (Fsp3) is 0.500. The van der Waals surface area contributed by atoms with Crippen LogP contribution in [0.15, 0.2) is 54.0 Å². The predicted molar refractivity (Wildman–Crippen MR) is 177 cm³/mol. The second-order valence-corrected chi connectivity index (χ2v) is 13.9. The molecule has 1 aromatic heterocycles. The number of β-amino-alcohol motifs (C(OH)–C–C–N with tert-alkyl or cyclic N) is 1. The van der Waals surface area contributed by atoms with E-state index in [0.29, 0.717) is 12.8 Å². The molecule has 0 radical (unpaired) electrons. The van der Waals surface area contributed by atoms with E-state index in [0.717, 1.165) is 47.4 Å². The maximum atomic E-state index is 13.9. The lowest BCUT2D eigenvalue weighted by Crippen LogP contribution is -2.56. The minimum absolute atomic E-state index is 0.0665. The van der Waals surface area contributed by atoms with Crippen LogP contribution in [0.25, 0.3) is 10.4 Å². The first-order valence-corrected chi connectivity index (χ1v) is 16.7. The number of unbranched alkanes of at least 4 members (excludes halogenated alkanes) is 1. The minimum Gasteiger partial charge on any atom is -0.391 e. The van der Waals surface area contributed by atoms with Crippen LogP contribution in [-0.4, -0.2) is 57.3 Å². The minimum atomic E-state index is -0.792. The third-order valence-electron chi connectivity index (χ3n) is 8.52. The van der Waals surface area contributed by atoms with Gasteiger partial charge in [-0.25, -0.2) is 4.98 Å². The van der Waals surface area contributed by atoms with Crippen molar-refractivity contribution in [2.75, 3.05) is 6.54 Å². The summed E-state index contributed by atoms with van der Waals surface area (Å²) in [5.41, 5.74) is 6.99. The van der Waals surface area contributed by atoms with Gasteiger partial charge in [0.15, 0.2) is 5.78 Å². The summed E-state index contributed by atoms with van der Waals surface area (Å²) in [6.07, 6.45) is 4.14. The van der Waals surface area contributed by atoms with Gasteiger partial charge in [-0.15, -0.1) is 11.3 Å². The number of thiazole rings is 1. The Hall–Kier alpha value is -3.36. The first kappa shape index (κ1) is 33.5. The van der Waals surface area contributed by atoms with Crippen LogP contribution in [0.2, 0.25) is 0 Å². The zero-order valence-corrected chi connectivity index (χ0v) is 27.6. The van der Waals surface area contributed by atoms with Crippen LogP contribution in [0.5, 0.6) is 0 Å². The van der Waals surface area contributed by atoms with E-state index in [2.05, 4.69) is 53.6 Å². The number of ketones is 1. The van der Waals surface area contributed by atoms with E-state index in [9.17, 15) is 19.5 Å². The van der Waals surface area contributed by atoms with E-state index in [1.54, 1.807) is 11.3 Å². The Kier molecular flexibility index (Phi) is 11.5. The Labute approximate surface area is 266 Å². The number of nitrogens with one attached hydrogen (secondary N) is 1. The number of carbonyl (C=O) groups excluding carboxylic acids is 3. The van der Waals surface area contributed by atoms with E-state index in [4.69, 9.17) is 0 Å². The number of amides is 2. The number of benzene rings is 2. The van der Waals surface area contributed by atoms with Crippen molar-refractivity contribution in [3.8, 4) is 10.4 Å². The van der Waals surface area contributed by atoms with Gasteiger partial charge < -0.3 is 15.3 Å². The van der Waals surface area contributed by atoms with Crippen LogP contribution < -0.4 is 5.32 Å². The number of aliphatic hydroxyl groups is 1. The van der Waals surface area contributed by atoms with Crippen LogP contribution in [0, 0.1) is 12.3 Å².